The normalized spacial score (nSPS) is 12.1. The highest BCUT2D eigenvalue weighted by Crippen LogP contribution is 2.36. The van der Waals surface area contributed by atoms with Gasteiger partial charge in [-0.1, -0.05) is 0 Å². The summed E-state index contributed by atoms with van der Waals surface area (Å²) in [7, 11) is 1.56. The second kappa shape index (κ2) is 6.97. The molecule has 0 saturated heterocycles. The summed E-state index contributed by atoms with van der Waals surface area (Å²) in [5.41, 5.74) is 2.13. The predicted octanol–water partition coefficient (Wildman–Crippen LogP) is 4.56. The van der Waals surface area contributed by atoms with Crippen molar-refractivity contribution in [2.45, 2.75) is 0 Å². The van der Waals surface area contributed by atoms with Crippen LogP contribution in [-0.2, 0) is 0 Å². The second-order valence-electron chi connectivity index (χ2n) is 5.41. The van der Waals surface area contributed by atoms with Crippen molar-refractivity contribution in [3.63, 3.8) is 0 Å². The highest BCUT2D eigenvalue weighted by atomic mass is 79.9. The summed E-state index contributed by atoms with van der Waals surface area (Å²) in [5.74, 6) is 1.77. The summed E-state index contributed by atoms with van der Waals surface area (Å²) in [4.78, 5) is 17.0. The van der Waals surface area contributed by atoms with Gasteiger partial charge in [-0.2, -0.15) is 0 Å². The maximum Gasteiger partial charge on any atom is 0.258 e. The minimum Gasteiger partial charge on any atom is -0.497 e. The summed E-state index contributed by atoms with van der Waals surface area (Å²) in [6.45, 7) is 0.229. The van der Waals surface area contributed by atoms with E-state index in [1.165, 1.54) is 11.3 Å². The van der Waals surface area contributed by atoms with Gasteiger partial charge in [0, 0.05) is 15.4 Å². The third-order valence-corrected chi connectivity index (χ3v) is 5.26. The number of halogens is 1. The van der Waals surface area contributed by atoms with Crippen LogP contribution in [0.2, 0.25) is 0 Å². The maximum absolute atomic E-state index is 12.5. The summed E-state index contributed by atoms with van der Waals surface area (Å²) in [6, 6.07) is 10.9. The van der Waals surface area contributed by atoms with E-state index in [1.54, 1.807) is 25.3 Å². The molecule has 4 rings (SSSR count). The van der Waals surface area contributed by atoms with Crippen molar-refractivity contribution in [2.75, 3.05) is 19.2 Å². The summed E-state index contributed by atoms with van der Waals surface area (Å²) < 4.78 is 16.6. The molecule has 2 heterocycles. The number of amides is 1. The Morgan fingerprint density at radius 1 is 1.23 bits per heavy atom. The van der Waals surface area contributed by atoms with Crippen LogP contribution < -0.4 is 19.5 Å². The number of nitrogens with zero attached hydrogens (tertiary/aromatic N) is 1. The Hall–Kier alpha value is -2.58. The second-order valence-corrected chi connectivity index (χ2v) is 7.12. The molecule has 1 aliphatic heterocycles. The minimum absolute atomic E-state index is 0.229. The molecule has 2 aromatic carbocycles. The Bertz CT molecular complexity index is 989. The molecule has 3 aromatic rings. The van der Waals surface area contributed by atoms with Gasteiger partial charge in [0.15, 0.2) is 16.6 Å². The number of carbonyl (C=O) groups excluding carboxylic acids is 1. The molecular weight excluding hydrogens is 420 g/mol. The molecule has 1 N–H and O–H groups in total. The third kappa shape index (κ3) is 3.25. The Morgan fingerprint density at radius 3 is 2.92 bits per heavy atom. The number of nitrogens with one attached hydrogen (secondary N) is 1. The van der Waals surface area contributed by atoms with E-state index >= 15 is 0 Å². The van der Waals surface area contributed by atoms with Crippen molar-refractivity contribution in [3.05, 3.63) is 51.8 Å². The zero-order valence-corrected chi connectivity index (χ0v) is 16.0. The number of aromatic nitrogens is 1. The smallest absolute Gasteiger partial charge is 0.258 e. The average molecular weight is 433 g/mol. The molecule has 132 valence electrons. The van der Waals surface area contributed by atoms with Gasteiger partial charge in [-0.3, -0.25) is 10.1 Å². The van der Waals surface area contributed by atoms with E-state index in [9.17, 15) is 4.79 Å². The maximum atomic E-state index is 12.5. The Balaban J connectivity index is 1.54. The lowest BCUT2D eigenvalue weighted by Gasteiger charge is -2.06. The SMILES string of the molecule is COc1ccc(Br)c(C(=O)Nc2nc(-c3ccc4c(c3)OCO4)cs2)c1. The van der Waals surface area contributed by atoms with Crippen LogP contribution in [-0.4, -0.2) is 24.8 Å². The number of fused-ring (bicyclic) bond motifs is 1. The van der Waals surface area contributed by atoms with Crippen LogP contribution in [0.5, 0.6) is 17.2 Å². The fourth-order valence-electron chi connectivity index (χ4n) is 2.49. The first-order valence-corrected chi connectivity index (χ1v) is 9.32. The largest absolute Gasteiger partial charge is 0.497 e. The van der Waals surface area contributed by atoms with Crippen LogP contribution >= 0.6 is 27.3 Å². The van der Waals surface area contributed by atoms with E-state index < -0.39 is 0 Å². The van der Waals surface area contributed by atoms with Crippen LogP contribution in [0.1, 0.15) is 10.4 Å². The molecule has 26 heavy (non-hydrogen) atoms. The van der Waals surface area contributed by atoms with Crippen molar-refractivity contribution in [3.8, 4) is 28.5 Å². The van der Waals surface area contributed by atoms with E-state index in [4.69, 9.17) is 14.2 Å². The lowest BCUT2D eigenvalue weighted by molar-refractivity contribution is 0.102. The number of hydrogen-bond donors (Lipinski definition) is 1. The van der Waals surface area contributed by atoms with Crippen molar-refractivity contribution in [1.29, 1.82) is 0 Å². The van der Waals surface area contributed by atoms with Crippen molar-refractivity contribution < 1.29 is 19.0 Å². The van der Waals surface area contributed by atoms with Crippen molar-refractivity contribution in [1.82, 2.24) is 4.98 Å². The van der Waals surface area contributed by atoms with E-state index in [1.807, 2.05) is 23.6 Å². The van der Waals surface area contributed by atoms with Crippen LogP contribution in [0.25, 0.3) is 11.3 Å². The van der Waals surface area contributed by atoms with Crippen LogP contribution in [0.3, 0.4) is 0 Å². The Morgan fingerprint density at radius 2 is 2.08 bits per heavy atom. The number of methoxy groups -OCH3 is 1. The highest BCUT2D eigenvalue weighted by molar-refractivity contribution is 9.10. The van der Waals surface area contributed by atoms with Gasteiger partial charge in [0.25, 0.3) is 5.91 Å². The first-order chi connectivity index (χ1) is 12.6. The molecule has 0 atom stereocenters. The standard InChI is InChI=1S/C18H13BrN2O4S/c1-23-11-3-4-13(19)12(7-11)17(22)21-18-20-14(8-26-18)10-2-5-15-16(6-10)25-9-24-15/h2-8H,9H2,1H3,(H,20,21,22). The highest BCUT2D eigenvalue weighted by Gasteiger charge is 2.17. The van der Waals surface area contributed by atoms with Gasteiger partial charge < -0.3 is 14.2 Å². The van der Waals surface area contributed by atoms with Crippen molar-refractivity contribution in [2.24, 2.45) is 0 Å². The van der Waals surface area contributed by atoms with Gasteiger partial charge in [0.05, 0.1) is 18.4 Å². The molecule has 1 aromatic heterocycles. The van der Waals surface area contributed by atoms with Crippen LogP contribution in [0.4, 0.5) is 5.13 Å². The molecule has 6 nitrogen and oxygen atoms in total. The van der Waals surface area contributed by atoms with E-state index in [-0.39, 0.29) is 12.7 Å². The zero-order chi connectivity index (χ0) is 18.1. The number of rotatable bonds is 4. The molecule has 8 heteroatoms. The topological polar surface area (TPSA) is 69.7 Å². The number of hydrogen-bond acceptors (Lipinski definition) is 6. The molecule has 0 aliphatic carbocycles. The predicted molar refractivity (Wildman–Crippen MR) is 102 cm³/mol. The molecular formula is C18H13BrN2O4S. The molecule has 0 unspecified atom stereocenters. The molecule has 0 fully saturated rings. The van der Waals surface area contributed by atoms with Gasteiger partial charge >= 0.3 is 0 Å². The summed E-state index contributed by atoms with van der Waals surface area (Å²) in [5, 5.41) is 5.21. The van der Waals surface area contributed by atoms with E-state index in [0.717, 1.165) is 17.0 Å². The fraction of sp³-hybridized carbons (Fsp3) is 0.111. The van der Waals surface area contributed by atoms with E-state index in [2.05, 4.69) is 26.2 Å². The number of benzene rings is 2. The zero-order valence-electron chi connectivity index (χ0n) is 13.6. The monoisotopic (exact) mass is 432 g/mol. The quantitative estimate of drug-likeness (QED) is 0.653. The molecule has 0 saturated carbocycles. The van der Waals surface area contributed by atoms with Gasteiger partial charge in [0.2, 0.25) is 6.79 Å². The fourth-order valence-corrected chi connectivity index (χ4v) is 3.63. The average Bonchev–Trinajstić information content (AvgIpc) is 3.30. The molecule has 1 amide bonds. The summed E-state index contributed by atoms with van der Waals surface area (Å²) in [6.07, 6.45) is 0. The Labute approximate surface area is 161 Å². The third-order valence-electron chi connectivity index (χ3n) is 3.81. The first kappa shape index (κ1) is 16.9. The minimum atomic E-state index is -0.262. The van der Waals surface area contributed by atoms with Gasteiger partial charge in [-0.15, -0.1) is 11.3 Å². The molecule has 0 bridgehead atoms. The molecule has 0 radical (unpaired) electrons. The first-order valence-electron chi connectivity index (χ1n) is 7.64. The van der Waals surface area contributed by atoms with Crippen molar-refractivity contribution >= 4 is 38.3 Å². The van der Waals surface area contributed by atoms with Gasteiger partial charge in [-0.25, -0.2) is 4.98 Å². The van der Waals surface area contributed by atoms with Gasteiger partial charge in [0.1, 0.15) is 5.75 Å². The number of thiazole rings is 1. The van der Waals surface area contributed by atoms with Crippen LogP contribution in [0.15, 0.2) is 46.3 Å². The lowest BCUT2D eigenvalue weighted by Crippen LogP contribution is -2.12. The van der Waals surface area contributed by atoms with E-state index in [0.29, 0.717) is 26.7 Å². The molecule has 1 aliphatic rings. The van der Waals surface area contributed by atoms with Gasteiger partial charge in [-0.05, 0) is 52.3 Å². The van der Waals surface area contributed by atoms with Crippen LogP contribution in [0, 0.1) is 0 Å². The number of carbonyl (C=O) groups is 1. The molecule has 0 spiro atoms. The Kier molecular flexibility index (Phi) is 4.52. The number of ether oxygens (including phenoxy) is 3. The number of anilines is 1. The summed E-state index contributed by atoms with van der Waals surface area (Å²) >= 11 is 4.74. The lowest BCUT2D eigenvalue weighted by atomic mass is 10.1.